The van der Waals surface area contributed by atoms with Crippen molar-refractivity contribution in [3.05, 3.63) is 65.2 Å². The van der Waals surface area contributed by atoms with Crippen molar-refractivity contribution in [2.75, 3.05) is 0 Å². The Morgan fingerprint density at radius 1 is 1.42 bits per heavy atom. The minimum Gasteiger partial charge on any atom is -0.351 e. The third kappa shape index (κ3) is 3.03. The number of hydrogen-bond donors (Lipinski definition) is 2. The number of fused-ring (bicyclic) bond motifs is 1. The van der Waals surface area contributed by atoms with Crippen molar-refractivity contribution in [3.63, 3.8) is 0 Å². The standard InChI is InChI=1S/C20H23N5O/c1-13-4-7-18-17(12-22-24-18)19(13)20(26)21-11-15-5-6-16(10-14(15)2)25-9-3-8-23-25/h3,5-6,8-10,12-13,19H,4,7,11H2,1-2H3,(H,21,26)(H,22,24). The van der Waals surface area contributed by atoms with E-state index in [9.17, 15) is 4.79 Å². The lowest BCUT2D eigenvalue weighted by Crippen LogP contribution is -2.34. The van der Waals surface area contributed by atoms with Crippen LogP contribution in [0.2, 0.25) is 0 Å². The molecule has 2 aromatic heterocycles. The molecule has 6 nitrogen and oxygen atoms in total. The van der Waals surface area contributed by atoms with E-state index in [-0.39, 0.29) is 11.8 Å². The van der Waals surface area contributed by atoms with Gasteiger partial charge in [-0.05, 0) is 55.0 Å². The van der Waals surface area contributed by atoms with Crippen LogP contribution in [0.15, 0.2) is 42.9 Å². The number of nitrogens with zero attached hydrogens (tertiary/aromatic N) is 3. The van der Waals surface area contributed by atoms with Crippen LogP contribution in [0, 0.1) is 12.8 Å². The van der Waals surface area contributed by atoms with Gasteiger partial charge in [-0.1, -0.05) is 13.0 Å². The smallest absolute Gasteiger partial charge is 0.228 e. The fraction of sp³-hybridized carbons (Fsp3) is 0.350. The Morgan fingerprint density at radius 2 is 2.31 bits per heavy atom. The number of carbonyl (C=O) groups excluding carboxylic acids is 1. The Bertz CT molecular complexity index is 912. The molecule has 1 amide bonds. The summed E-state index contributed by atoms with van der Waals surface area (Å²) in [4.78, 5) is 12.8. The van der Waals surface area contributed by atoms with E-state index in [0.29, 0.717) is 12.5 Å². The number of hydrogen-bond acceptors (Lipinski definition) is 3. The summed E-state index contributed by atoms with van der Waals surface area (Å²) in [7, 11) is 0. The summed E-state index contributed by atoms with van der Waals surface area (Å²) in [5.41, 5.74) is 5.42. The second kappa shape index (κ2) is 6.78. The summed E-state index contributed by atoms with van der Waals surface area (Å²) in [6.07, 6.45) is 7.46. The molecule has 1 aliphatic carbocycles. The molecule has 0 aliphatic heterocycles. The first-order chi connectivity index (χ1) is 12.6. The van der Waals surface area contributed by atoms with E-state index >= 15 is 0 Å². The largest absolute Gasteiger partial charge is 0.351 e. The average molecular weight is 349 g/mol. The predicted octanol–water partition coefficient (Wildman–Crippen LogP) is 2.89. The highest BCUT2D eigenvalue weighted by atomic mass is 16.1. The molecule has 2 N–H and O–H groups in total. The van der Waals surface area contributed by atoms with E-state index in [1.54, 1.807) is 12.4 Å². The lowest BCUT2D eigenvalue weighted by atomic mass is 9.78. The van der Waals surface area contributed by atoms with Gasteiger partial charge < -0.3 is 5.32 Å². The number of aromatic amines is 1. The SMILES string of the molecule is Cc1cc(-n2cccn2)ccc1CNC(=O)C1c2cn[nH]c2CCC1C. The van der Waals surface area contributed by atoms with E-state index in [1.807, 2.05) is 23.0 Å². The zero-order valence-electron chi connectivity index (χ0n) is 15.1. The highest BCUT2D eigenvalue weighted by Crippen LogP contribution is 2.35. The van der Waals surface area contributed by atoms with E-state index in [4.69, 9.17) is 0 Å². The molecule has 2 atom stereocenters. The van der Waals surface area contributed by atoms with E-state index in [0.717, 1.165) is 40.9 Å². The Hall–Kier alpha value is -2.89. The first-order valence-electron chi connectivity index (χ1n) is 9.03. The predicted molar refractivity (Wildman–Crippen MR) is 99.0 cm³/mol. The van der Waals surface area contributed by atoms with Crippen LogP contribution in [-0.4, -0.2) is 25.9 Å². The molecule has 0 radical (unpaired) electrons. The highest BCUT2D eigenvalue weighted by Gasteiger charge is 2.33. The molecule has 2 heterocycles. The summed E-state index contributed by atoms with van der Waals surface area (Å²) in [6.45, 7) is 4.73. The molecule has 0 bridgehead atoms. The Balaban J connectivity index is 1.47. The zero-order valence-corrected chi connectivity index (χ0v) is 15.1. The zero-order chi connectivity index (χ0) is 18.1. The third-order valence-corrected chi connectivity index (χ3v) is 5.34. The quantitative estimate of drug-likeness (QED) is 0.760. The van der Waals surface area contributed by atoms with Gasteiger partial charge in [-0.3, -0.25) is 9.89 Å². The van der Waals surface area contributed by atoms with Gasteiger partial charge in [-0.25, -0.2) is 4.68 Å². The molecule has 4 rings (SSSR count). The molecular weight excluding hydrogens is 326 g/mol. The summed E-state index contributed by atoms with van der Waals surface area (Å²) >= 11 is 0. The number of amides is 1. The number of rotatable bonds is 4. The molecule has 1 aliphatic rings. The number of aromatic nitrogens is 4. The Kier molecular flexibility index (Phi) is 4.32. The fourth-order valence-corrected chi connectivity index (χ4v) is 3.77. The summed E-state index contributed by atoms with van der Waals surface area (Å²) in [5, 5.41) is 14.5. The van der Waals surface area contributed by atoms with Gasteiger partial charge in [0.15, 0.2) is 0 Å². The van der Waals surface area contributed by atoms with Crippen LogP contribution < -0.4 is 5.32 Å². The molecule has 3 aromatic rings. The molecule has 0 fully saturated rings. The molecule has 134 valence electrons. The first kappa shape index (κ1) is 16.6. The van der Waals surface area contributed by atoms with Crippen LogP contribution >= 0.6 is 0 Å². The van der Waals surface area contributed by atoms with Gasteiger partial charge in [0.25, 0.3) is 0 Å². The molecule has 0 saturated heterocycles. The van der Waals surface area contributed by atoms with Crippen molar-refractivity contribution in [3.8, 4) is 5.69 Å². The maximum absolute atomic E-state index is 12.8. The van der Waals surface area contributed by atoms with Crippen molar-refractivity contribution in [2.24, 2.45) is 5.92 Å². The third-order valence-electron chi connectivity index (χ3n) is 5.34. The molecule has 0 spiro atoms. The lowest BCUT2D eigenvalue weighted by Gasteiger charge is -2.27. The van der Waals surface area contributed by atoms with Gasteiger partial charge in [0.1, 0.15) is 0 Å². The molecule has 1 aromatic carbocycles. The van der Waals surface area contributed by atoms with Crippen molar-refractivity contribution in [1.82, 2.24) is 25.3 Å². The second-order valence-electron chi connectivity index (χ2n) is 7.08. The molecule has 0 saturated carbocycles. The van der Waals surface area contributed by atoms with Gasteiger partial charge in [-0.15, -0.1) is 0 Å². The van der Waals surface area contributed by atoms with E-state index in [1.165, 1.54) is 0 Å². The van der Waals surface area contributed by atoms with Crippen LogP contribution in [0.3, 0.4) is 0 Å². The molecule has 6 heteroatoms. The lowest BCUT2D eigenvalue weighted by molar-refractivity contribution is -0.124. The molecule has 26 heavy (non-hydrogen) atoms. The summed E-state index contributed by atoms with van der Waals surface area (Å²) < 4.78 is 1.83. The minimum atomic E-state index is -0.124. The van der Waals surface area contributed by atoms with Crippen molar-refractivity contribution in [1.29, 1.82) is 0 Å². The Labute approximate surface area is 152 Å². The van der Waals surface area contributed by atoms with Crippen LogP contribution in [-0.2, 0) is 17.8 Å². The number of aryl methyl sites for hydroxylation is 2. The van der Waals surface area contributed by atoms with Gasteiger partial charge in [0.2, 0.25) is 5.91 Å². The maximum atomic E-state index is 12.8. The van der Waals surface area contributed by atoms with E-state index < -0.39 is 0 Å². The number of benzene rings is 1. The van der Waals surface area contributed by atoms with Crippen LogP contribution in [0.1, 0.15) is 41.6 Å². The van der Waals surface area contributed by atoms with Crippen LogP contribution in [0.25, 0.3) is 5.69 Å². The van der Waals surface area contributed by atoms with E-state index in [2.05, 4.69) is 46.6 Å². The molecular formula is C20H23N5O. The number of H-pyrrole nitrogens is 1. The monoisotopic (exact) mass is 349 g/mol. The van der Waals surface area contributed by atoms with Crippen LogP contribution in [0.4, 0.5) is 0 Å². The maximum Gasteiger partial charge on any atom is 0.228 e. The highest BCUT2D eigenvalue weighted by molar-refractivity contribution is 5.84. The summed E-state index contributed by atoms with van der Waals surface area (Å²) in [5.74, 6) is 0.278. The summed E-state index contributed by atoms with van der Waals surface area (Å²) in [6, 6.07) is 8.07. The number of carbonyl (C=O) groups is 1. The first-order valence-corrected chi connectivity index (χ1v) is 9.03. The molecule has 2 unspecified atom stereocenters. The van der Waals surface area contributed by atoms with Crippen molar-refractivity contribution >= 4 is 5.91 Å². The van der Waals surface area contributed by atoms with Crippen LogP contribution in [0.5, 0.6) is 0 Å². The van der Waals surface area contributed by atoms with Gasteiger partial charge in [-0.2, -0.15) is 10.2 Å². The van der Waals surface area contributed by atoms with Gasteiger partial charge in [0.05, 0.1) is 17.8 Å². The van der Waals surface area contributed by atoms with Crippen molar-refractivity contribution < 1.29 is 4.79 Å². The average Bonchev–Trinajstić information content (AvgIpc) is 3.32. The second-order valence-corrected chi connectivity index (χ2v) is 7.08. The topological polar surface area (TPSA) is 75.6 Å². The van der Waals surface area contributed by atoms with Gasteiger partial charge >= 0.3 is 0 Å². The normalized spacial score (nSPS) is 19.2. The number of nitrogens with one attached hydrogen (secondary N) is 2. The minimum absolute atomic E-state index is 0.0791. The van der Waals surface area contributed by atoms with Gasteiger partial charge in [0, 0.05) is 30.2 Å². The fourth-order valence-electron chi connectivity index (χ4n) is 3.77. The Morgan fingerprint density at radius 3 is 3.08 bits per heavy atom. The van der Waals surface area contributed by atoms with Crippen molar-refractivity contribution in [2.45, 2.75) is 39.2 Å².